The third kappa shape index (κ3) is 3.58. The Balaban J connectivity index is 1.57. The topological polar surface area (TPSA) is 81.7 Å². The van der Waals surface area contributed by atoms with E-state index in [2.05, 4.69) is 5.32 Å². The second-order valence-corrected chi connectivity index (χ2v) is 6.32. The number of rotatable bonds is 4. The van der Waals surface area contributed by atoms with Crippen molar-refractivity contribution < 1.29 is 23.9 Å². The van der Waals surface area contributed by atoms with Crippen LogP contribution in [0.1, 0.15) is 48.5 Å². The summed E-state index contributed by atoms with van der Waals surface area (Å²) in [4.78, 5) is 36.3. The second-order valence-electron chi connectivity index (χ2n) is 6.32. The molecular formula is C18H21NO5. The number of fused-ring (bicyclic) bond motifs is 1. The maximum atomic E-state index is 12.2. The molecule has 1 aliphatic heterocycles. The minimum absolute atomic E-state index is 0.165. The zero-order valence-electron chi connectivity index (χ0n) is 13.6. The SMILES string of the molecule is C[C@H](OC(=O)[C@H]1Cc2ccccc2C(=O)O1)C(=O)NC1CCCC1. The molecular weight excluding hydrogens is 310 g/mol. The van der Waals surface area contributed by atoms with Gasteiger partial charge in [0.15, 0.2) is 6.10 Å². The molecule has 1 heterocycles. The largest absolute Gasteiger partial charge is 0.450 e. The monoisotopic (exact) mass is 331 g/mol. The van der Waals surface area contributed by atoms with Gasteiger partial charge in [-0.05, 0) is 31.4 Å². The highest BCUT2D eigenvalue weighted by Crippen LogP contribution is 2.22. The van der Waals surface area contributed by atoms with E-state index in [1.165, 1.54) is 6.92 Å². The van der Waals surface area contributed by atoms with Crippen LogP contribution in [0.5, 0.6) is 0 Å². The molecule has 2 atom stereocenters. The molecule has 0 unspecified atom stereocenters. The average molecular weight is 331 g/mol. The molecule has 0 aromatic heterocycles. The van der Waals surface area contributed by atoms with Gasteiger partial charge in [-0.3, -0.25) is 4.79 Å². The van der Waals surface area contributed by atoms with Crippen LogP contribution >= 0.6 is 0 Å². The molecule has 6 heteroatoms. The van der Waals surface area contributed by atoms with Crippen LogP contribution < -0.4 is 5.32 Å². The quantitative estimate of drug-likeness (QED) is 0.850. The van der Waals surface area contributed by atoms with Gasteiger partial charge in [0.25, 0.3) is 5.91 Å². The summed E-state index contributed by atoms with van der Waals surface area (Å²) in [5.74, 6) is -1.54. The van der Waals surface area contributed by atoms with Crippen LogP contribution in [0.2, 0.25) is 0 Å². The summed E-state index contributed by atoms with van der Waals surface area (Å²) in [6.07, 6.45) is 2.49. The Kier molecular flexibility index (Phi) is 4.83. The van der Waals surface area contributed by atoms with E-state index in [1.54, 1.807) is 24.3 Å². The first-order valence-corrected chi connectivity index (χ1v) is 8.34. The molecule has 1 aliphatic carbocycles. The first-order valence-electron chi connectivity index (χ1n) is 8.34. The van der Waals surface area contributed by atoms with Crippen molar-refractivity contribution in [1.82, 2.24) is 5.32 Å². The van der Waals surface area contributed by atoms with E-state index in [9.17, 15) is 14.4 Å². The molecule has 1 aromatic carbocycles. The smallest absolute Gasteiger partial charge is 0.348 e. The van der Waals surface area contributed by atoms with Crippen molar-refractivity contribution in [1.29, 1.82) is 0 Å². The number of carbonyl (C=O) groups excluding carboxylic acids is 3. The lowest BCUT2D eigenvalue weighted by Gasteiger charge is -2.24. The van der Waals surface area contributed by atoms with E-state index in [0.29, 0.717) is 5.56 Å². The first kappa shape index (κ1) is 16.5. The van der Waals surface area contributed by atoms with Gasteiger partial charge in [-0.1, -0.05) is 31.0 Å². The van der Waals surface area contributed by atoms with Crippen LogP contribution in [-0.2, 0) is 25.5 Å². The van der Waals surface area contributed by atoms with Crippen LogP contribution in [0.3, 0.4) is 0 Å². The molecule has 1 aromatic rings. The summed E-state index contributed by atoms with van der Waals surface area (Å²) < 4.78 is 10.3. The Morgan fingerprint density at radius 3 is 2.71 bits per heavy atom. The number of ether oxygens (including phenoxy) is 2. The lowest BCUT2D eigenvalue weighted by Crippen LogP contribution is -2.43. The standard InChI is InChI=1S/C18H21NO5/c1-11(16(20)19-13-7-3-4-8-13)23-18(22)15-10-12-6-2-5-9-14(12)17(21)24-15/h2,5-6,9,11,13,15H,3-4,7-8,10H2,1H3,(H,19,20)/t11-,15+/m0/s1. The molecule has 6 nitrogen and oxygen atoms in total. The van der Waals surface area contributed by atoms with Gasteiger partial charge in [-0.25, -0.2) is 9.59 Å². The number of benzene rings is 1. The second kappa shape index (κ2) is 7.03. The lowest BCUT2D eigenvalue weighted by molar-refractivity contribution is -0.163. The van der Waals surface area contributed by atoms with E-state index in [1.807, 2.05) is 0 Å². The summed E-state index contributed by atoms with van der Waals surface area (Å²) in [5.41, 5.74) is 1.22. The van der Waals surface area contributed by atoms with Gasteiger partial charge < -0.3 is 14.8 Å². The van der Waals surface area contributed by atoms with Gasteiger partial charge in [-0.15, -0.1) is 0 Å². The van der Waals surface area contributed by atoms with Crippen LogP contribution in [0.15, 0.2) is 24.3 Å². The number of cyclic esters (lactones) is 1. The molecule has 1 fully saturated rings. The molecule has 0 radical (unpaired) electrons. The number of nitrogens with one attached hydrogen (secondary N) is 1. The van der Waals surface area contributed by atoms with Crippen molar-refractivity contribution in [3.05, 3.63) is 35.4 Å². The zero-order chi connectivity index (χ0) is 17.1. The fourth-order valence-corrected chi connectivity index (χ4v) is 3.16. The number of carbonyl (C=O) groups is 3. The highest BCUT2D eigenvalue weighted by Gasteiger charge is 2.34. The maximum absolute atomic E-state index is 12.2. The number of esters is 2. The molecule has 3 rings (SSSR count). The van der Waals surface area contributed by atoms with Gasteiger partial charge in [-0.2, -0.15) is 0 Å². The zero-order valence-corrected chi connectivity index (χ0v) is 13.6. The van der Waals surface area contributed by atoms with Crippen molar-refractivity contribution in [2.45, 2.75) is 57.3 Å². The van der Waals surface area contributed by atoms with Crippen molar-refractivity contribution in [3.63, 3.8) is 0 Å². The van der Waals surface area contributed by atoms with E-state index in [0.717, 1.165) is 31.2 Å². The van der Waals surface area contributed by atoms with Crippen molar-refractivity contribution in [3.8, 4) is 0 Å². The molecule has 128 valence electrons. The third-order valence-electron chi connectivity index (χ3n) is 4.52. The van der Waals surface area contributed by atoms with Crippen molar-refractivity contribution >= 4 is 17.8 Å². The molecule has 0 saturated heterocycles. The number of hydrogen-bond donors (Lipinski definition) is 1. The van der Waals surface area contributed by atoms with Gasteiger partial charge >= 0.3 is 11.9 Å². The highest BCUT2D eigenvalue weighted by molar-refractivity contribution is 5.95. The molecule has 0 bridgehead atoms. The third-order valence-corrected chi connectivity index (χ3v) is 4.52. The van der Waals surface area contributed by atoms with E-state index >= 15 is 0 Å². The first-order chi connectivity index (χ1) is 11.5. The number of amides is 1. The van der Waals surface area contributed by atoms with Gasteiger partial charge in [0.05, 0.1) is 5.56 Å². The predicted octanol–water partition coefficient (Wildman–Crippen LogP) is 1.76. The van der Waals surface area contributed by atoms with Crippen LogP contribution in [-0.4, -0.2) is 36.1 Å². The van der Waals surface area contributed by atoms with E-state index in [-0.39, 0.29) is 18.4 Å². The Bertz CT molecular complexity index is 651. The number of hydrogen-bond acceptors (Lipinski definition) is 5. The Labute approximate surface area is 140 Å². The molecule has 24 heavy (non-hydrogen) atoms. The predicted molar refractivity (Wildman–Crippen MR) is 85.3 cm³/mol. The summed E-state index contributed by atoms with van der Waals surface area (Å²) in [5, 5.41) is 2.89. The molecule has 0 spiro atoms. The van der Waals surface area contributed by atoms with Crippen LogP contribution in [0.4, 0.5) is 0 Å². The normalized spacial score (nSPS) is 21.5. The van der Waals surface area contributed by atoms with E-state index in [4.69, 9.17) is 9.47 Å². The minimum Gasteiger partial charge on any atom is -0.450 e. The Hall–Kier alpha value is -2.37. The molecule has 1 amide bonds. The highest BCUT2D eigenvalue weighted by atomic mass is 16.6. The van der Waals surface area contributed by atoms with E-state index < -0.39 is 24.1 Å². The summed E-state index contributed by atoms with van der Waals surface area (Å²) >= 11 is 0. The molecule has 1 saturated carbocycles. The van der Waals surface area contributed by atoms with Crippen LogP contribution in [0, 0.1) is 0 Å². The molecule has 1 N–H and O–H groups in total. The summed E-state index contributed by atoms with van der Waals surface area (Å²) in [6, 6.07) is 7.16. The minimum atomic E-state index is -1.01. The Morgan fingerprint density at radius 2 is 1.96 bits per heavy atom. The van der Waals surface area contributed by atoms with Crippen molar-refractivity contribution in [2.24, 2.45) is 0 Å². The summed E-state index contributed by atoms with van der Waals surface area (Å²) in [7, 11) is 0. The van der Waals surface area contributed by atoms with Crippen molar-refractivity contribution in [2.75, 3.05) is 0 Å². The summed E-state index contributed by atoms with van der Waals surface area (Å²) in [6.45, 7) is 1.53. The Morgan fingerprint density at radius 1 is 1.25 bits per heavy atom. The lowest BCUT2D eigenvalue weighted by atomic mass is 9.99. The van der Waals surface area contributed by atoms with Gasteiger partial charge in [0, 0.05) is 12.5 Å². The fraction of sp³-hybridized carbons (Fsp3) is 0.500. The molecule has 2 aliphatic rings. The van der Waals surface area contributed by atoms with Crippen LogP contribution in [0.25, 0.3) is 0 Å². The fourth-order valence-electron chi connectivity index (χ4n) is 3.16. The average Bonchev–Trinajstić information content (AvgIpc) is 3.07. The van der Waals surface area contributed by atoms with Gasteiger partial charge in [0.1, 0.15) is 0 Å². The van der Waals surface area contributed by atoms with Gasteiger partial charge in [0.2, 0.25) is 6.10 Å². The maximum Gasteiger partial charge on any atom is 0.348 e.